The molecule has 0 aliphatic carbocycles. The zero-order chi connectivity index (χ0) is 11.3. The molecule has 1 heterocycles. The van der Waals surface area contributed by atoms with E-state index < -0.39 is 0 Å². The van der Waals surface area contributed by atoms with Gasteiger partial charge in [0.1, 0.15) is 0 Å². The van der Waals surface area contributed by atoms with Gasteiger partial charge in [-0.25, -0.2) is 0 Å². The monoisotopic (exact) mass is 208 g/mol. The Labute approximate surface area is 91.9 Å². The number of methoxy groups -OCH3 is 1. The van der Waals surface area contributed by atoms with Gasteiger partial charge in [-0.2, -0.15) is 0 Å². The van der Waals surface area contributed by atoms with Gasteiger partial charge in [-0.1, -0.05) is 13.0 Å². The lowest BCUT2D eigenvalue weighted by molar-refractivity contribution is 0.166. The van der Waals surface area contributed by atoms with E-state index >= 15 is 0 Å². The molecule has 0 saturated carbocycles. The van der Waals surface area contributed by atoms with Crippen molar-refractivity contribution >= 4 is 0 Å². The topological polar surface area (TPSA) is 34.1 Å². The second-order valence-corrected chi connectivity index (χ2v) is 3.78. The Kier molecular flexibility index (Phi) is 4.72. The van der Waals surface area contributed by atoms with Crippen molar-refractivity contribution in [1.29, 1.82) is 0 Å². The number of rotatable bonds is 5. The fourth-order valence-electron chi connectivity index (χ4n) is 1.74. The zero-order valence-corrected chi connectivity index (χ0v) is 10.0. The first kappa shape index (κ1) is 12.1. The fourth-order valence-corrected chi connectivity index (χ4v) is 1.74. The van der Waals surface area contributed by atoms with Crippen LogP contribution in [-0.2, 0) is 4.74 Å². The Morgan fingerprint density at radius 2 is 2.20 bits per heavy atom. The Hall–Kier alpha value is -0.930. The number of nitrogens with one attached hydrogen (secondary N) is 1. The molecule has 0 amide bonds. The molecule has 1 N–H and O–H groups in total. The highest BCUT2D eigenvalue weighted by Crippen LogP contribution is 2.16. The van der Waals surface area contributed by atoms with Gasteiger partial charge in [0.05, 0.1) is 18.3 Å². The molecular formula is C12H20N2O. The highest BCUT2D eigenvalue weighted by Gasteiger charge is 2.13. The fraction of sp³-hybridized carbons (Fsp3) is 0.583. The van der Waals surface area contributed by atoms with E-state index in [0.29, 0.717) is 6.61 Å². The van der Waals surface area contributed by atoms with E-state index in [-0.39, 0.29) is 6.04 Å². The first-order valence-corrected chi connectivity index (χ1v) is 5.34. The van der Waals surface area contributed by atoms with E-state index in [1.165, 1.54) is 11.1 Å². The molecule has 84 valence electrons. The van der Waals surface area contributed by atoms with Crippen LogP contribution >= 0.6 is 0 Å². The smallest absolute Gasteiger partial charge is 0.0735 e. The molecule has 3 nitrogen and oxygen atoms in total. The molecule has 1 aromatic rings. The minimum Gasteiger partial charge on any atom is -0.383 e. The first-order valence-electron chi connectivity index (χ1n) is 5.34. The van der Waals surface area contributed by atoms with Crippen molar-refractivity contribution in [2.75, 3.05) is 20.3 Å². The van der Waals surface area contributed by atoms with Crippen molar-refractivity contribution in [3.63, 3.8) is 0 Å². The third kappa shape index (κ3) is 3.29. The molecule has 0 aromatic carbocycles. The number of hydrogen-bond acceptors (Lipinski definition) is 3. The predicted molar refractivity (Wildman–Crippen MR) is 62.0 cm³/mol. The van der Waals surface area contributed by atoms with Crippen LogP contribution in [0.1, 0.15) is 29.8 Å². The average Bonchev–Trinajstić information content (AvgIpc) is 2.17. The highest BCUT2D eigenvalue weighted by molar-refractivity contribution is 5.25. The van der Waals surface area contributed by atoms with Crippen LogP contribution in [0.15, 0.2) is 12.3 Å². The van der Waals surface area contributed by atoms with Crippen molar-refractivity contribution < 1.29 is 4.74 Å². The van der Waals surface area contributed by atoms with E-state index in [4.69, 9.17) is 4.74 Å². The number of nitrogens with zero attached hydrogens (tertiary/aromatic N) is 1. The Bertz CT molecular complexity index is 306. The van der Waals surface area contributed by atoms with E-state index in [1.54, 1.807) is 7.11 Å². The van der Waals surface area contributed by atoms with Crippen molar-refractivity contribution in [1.82, 2.24) is 10.3 Å². The standard InChI is InChI=1S/C12H20N2O/c1-5-13-11(8-15-4)12-10(3)6-9(2)7-14-12/h6-7,11,13H,5,8H2,1-4H3. The van der Waals surface area contributed by atoms with Crippen LogP contribution in [0.3, 0.4) is 0 Å². The summed E-state index contributed by atoms with van der Waals surface area (Å²) in [5, 5.41) is 3.37. The van der Waals surface area contributed by atoms with Crippen molar-refractivity contribution in [2.45, 2.75) is 26.8 Å². The number of likely N-dealkylation sites (N-methyl/N-ethyl adjacent to an activating group) is 1. The SMILES string of the molecule is CCNC(COC)c1ncc(C)cc1C. The lowest BCUT2D eigenvalue weighted by atomic mass is 10.1. The molecule has 1 atom stereocenters. The molecular weight excluding hydrogens is 188 g/mol. The van der Waals surface area contributed by atoms with Gasteiger partial charge in [-0.3, -0.25) is 4.98 Å². The Morgan fingerprint density at radius 3 is 2.73 bits per heavy atom. The van der Waals surface area contributed by atoms with Crippen LogP contribution in [0.5, 0.6) is 0 Å². The summed E-state index contributed by atoms with van der Waals surface area (Å²) in [6.45, 7) is 7.82. The van der Waals surface area contributed by atoms with Crippen LogP contribution in [0.2, 0.25) is 0 Å². The molecule has 0 saturated heterocycles. The van der Waals surface area contributed by atoms with E-state index in [1.807, 2.05) is 6.20 Å². The first-order chi connectivity index (χ1) is 7.19. The van der Waals surface area contributed by atoms with Crippen molar-refractivity contribution in [3.05, 3.63) is 29.1 Å². The van der Waals surface area contributed by atoms with Gasteiger partial charge < -0.3 is 10.1 Å². The summed E-state index contributed by atoms with van der Waals surface area (Å²) in [6, 6.07) is 2.35. The van der Waals surface area contributed by atoms with Gasteiger partial charge in [-0.05, 0) is 31.5 Å². The number of hydrogen-bond donors (Lipinski definition) is 1. The molecule has 0 radical (unpaired) electrons. The van der Waals surface area contributed by atoms with E-state index in [9.17, 15) is 0 Å². The maximum Gasteiger partial charge on any atom is 0.0735 e. The predicted octanol–water partition coefficient (Wildman–Crippen LogP) is 2.00. The number of aryl methyl sites for hydroxylation is 2. The molecule has 3 heteroatoms. The van der Waals surface area contributed by atoms with E-state index in [0.717, 1.165) is 12.2 Å². The largest absolute Gasteiger partial charge is 0.383 e. The summed E-state index contributed by atoms with van der Waals surface area (Å²) in [4.78, 5) is 4.47. The van der Waals surface area contributed by atoms with Gasteiger partial charge in [-0.15, -0.1) is 0 Å². The van der Waals surface area contributed by atoms with Crippen LogP contribution in [0.4, 0.5) is 0 Å². The summed E-state index contributed by atoms with van der Waals surface area (Å²) in [5.74, 6) is 0. The second kappa shape index (κ2) is 5.83. The molecule has 1 aromatic heterocycles. The summed E-state index contributed by atoms with van der Waals surface area (Å²) < 4.78 is 5.19. The molecule has 0 aliphatic rings. The van der Waals surface area contributed by atoms with Crippen LogP contribution in [0.25, 0.3) is 0 Å². The number of ether oxygens (including phenoxy) is 1. The van der Waals surface area contributed by atoms with E-state index in [2.05, 4.69) is 37.1 Å². The Balaban J connectivity index is 2.89. The zero-order valence-electron chi connectivity index (χ0n) is 10.0. The van der Waals surface area contributed by atoms with Gasteiger partial charge >= 0.3 is 0 Å². The molecule has 1 rings (SSSR count). The normalized spacial score (nSPS) is 12.8. The van der Waals surface area contributed by atoms with Crippen molar-refractivity contribution in [2.24, 2.45) is 0 Å². The minimum atomic E-state index is 0.195. The molecule has 0 aliphatic heterocycles. The molecule has 15 heavy (non-hydrogen) atoms. The maximum atomic E-state index is 5.19. The molecule has 0 bridgehead atoms. The summed E-state index contributed by atoms with van der Waals surface area (Å²) in [6.07, 6.45) is 1.91. The summed E-state index contributed by atoms with van der Waals surface area (Å²) in [5.41, 5.74) is 3.51. The van der Waals surface area contributed by atoms with Gasteiger partial charge in [0.15, 0.2) is 0 Å². The third-order valence-electron chi connectivity index (χ3n) is 2.37. The summed E-state index contributed by atoms with van der Waals surface area (Å²) in [7, 11) is 1.72. The van der Waals surface area contributed by atoms with Crippen LogP contribution < -0.4 is 5.32 Å². The second-order valence-electron chi connectivity index (χ2n) is 3.78. The third-order valence-corrected chi connectivity index (χ3v) is 2.37. The lowest BCUT2D eigenvalue weighted by Crippen LogP contribution is -2.26. The maximum absolute atomic E-state index is 5.19. The Morgan fingerprint density at radius 1 is 1.47 bits per heavy atom. The number of aromatic nitrogens is 1. The van der Waals surface area contributed by atoms with Crippen LogP contribution in [0, 0.1) is 13.8 Å². The summed E-state index contributed by atoms with van der Waals surface area (Å²) >= 11 is 0. The van der Waals surface area contributed by atoms with Gasteiger partial charge in [0.25, 0.3) is 0 Å². The molecule has 1 unspecified atom stereocenters. The van der Waals surface area contributed by atoms with Crippen LogP contribution in [-0.4, -0.2) is 25.2 Å². The van der Waals surface area contributed by atoms with Crippen molar-refractivity contribution in [3.8, 4) is 0 Å². The minimum absolute atomic E-state index is 0.195. The average molecular weight is 208 g/mol. The van der Waals surface area contributed by atoms with Gasteiger partial charge in [0.2, 0.25) is 0 Å². The quantitative estimate of drug-likeness (QED) is 0.803. The highest BCUT2D eigenvalue weighted by atomic mass is 16.5. The molecule has 0 spiro atoms. The number of pyridine rings is 1. The lowest BCUT2D eigenvalue weighted by Gasteiger charge is -2.18. The molecule has 0 fully saturated rings. The van der Waals surface area contributed by atoms with Gasteiger partial charge in [0, 0.05) is 13.3 Å².